The van der Waals surface area contributed by atoms with Gasteiger partial charge in [-0.25, -0.2) is 4.79 Å². The Morgan fingerprint density at radius 3 is 2.42 bits per heavy atom. The summed E-state index contributed by atoms with van der Waals surface area (Å²) in [4.78, 5) is 20.3. The van der Waals surface area contributed by atoms with Crippen LogP contribution in [-0.2, 0) is 4.79 Å². The molecular weight excluding hydrogens is 297 g/mol. The average molecular weight is 304 g/mol. The van der Waals surface area contributed by atoms with Crippen LogP contribution in [-0.4, -0.2) is 22.2 Å². The van der Waals surface area contributed by atoms with Gasteiger partial charge >= 0.3 is 5.97 Å². The number of allylic oxidation sites excluding steroid dienone is 1. The van der Waals surface area contributed by atoms with E-state index < -0.39 is 15.9 Å². The number of rotatable bonds is 5. The van der Waals surface area contributed by atoms with Gasteiger partial charge in [-0.3, -0.25) is 15.5 Å². The molecule has 0 atom stereocenters. The zero-order chi connectivity index (χ0) is 14.4. The molecule has 0 aromatic heterocycles. The molecule has 0 aliphatic carbocycles. The lowest BCUT2D eigenvalue weighted by Gasteiger charge is -1.99. The van der Waals surface area contributed by atoms with Crippen LogP contribution in [0.25, 0.3) is 0 Å². The van der Waals surface area contributed by atoms with Crippen LogP contribution in [0.15, 0.2) is 39.4 Å². The number of halogens is 2. The van der Waals surface area contributed by atoms with Gasteiger partial charge in [-0.05, 0) is 12.1 Å². The molecule has 0 fully saturated rings. The number of nitrogens with zero attached hydrogens (tertiary/aromatic N) is 2. The third-order valence-corrected chi connectivity index (χ3v) is 2.60. The Hall–Kier alpha value is -2.12. The molecule has 100 valence electrons. The maximum atomic E-state index is 10.5. The van der Waals surface area contributed by atoms with E-state index in [9.17, 15) is 14.9 Å². The third kappa shape index (κ3) is 4.57. The zero-order valence-corrected chi connectivity index (χ0v) is 10.7. The van der Waals surface area contributed by atoms with Crippen molar-refractivity contribution < 1.29 is 14.8 Å². The number of hydrazone groups is 1. The minimum atomic E-state index is -1.37. The van der Waals surface area contributed by atoms with E-state index in [2.05, 4.69) is 10.5 Å². The zero-order valence-electron chi connectivity index (χ0n) is 9.21. The molecular formula is C10H7Cl2N3O4. The standard InChI is InChI=1S/C10H7Cl2N3O4/c11-8(9(12)10(16)17)5-13-14-6-1-3-7(4-2-6)15(18)19/h1-5,14H,(H,16,17)/b9-8+,13-5-. The summed E-state index contributed by atoms with van der Waals surface area (Å²) in [7, 11) is 0. The Kier molecular flexibility index (Phi) is 5.28. The van der Waals surface area contributed by atoms with Gasteiger partial charge in [0, 0.05) is 12.1 Å². The largest absolute Gasteiger partial charge is 0.477 e. The van der Waals surface area contributed by atoms with Crippen molar-refractivity contribution in [2.75, 3.05) is 5.43 Å². The van der Waals surface area contributed by atoms with Gasteiger partial charge in [0.1, 0.15) is 5.03 Å². The number of aliphatic carboxylic acids is 1. The number of nitro groups is 1. The van der Waals surface area contributed by atoms with Crippen molar-refractivity contribution in [1.82, 2.24) is 0 Å². The predicted molar refractivity (Wildman–Crippen MR) is 71.6 cm³/mol. The van der Waals surface area contributed by atoms with E-state index in [-0.39, 0.29) is 10.7 Å². The quantitative estimate of drug-likeness (QED) is 0.376. The number of non-ortho nitro benzene ring substituents is 1. The maximum Gasteiger partial charge on any atom is 0.348 e. The van der Waals surface area contributed by atoms with Crippen molar-refractivity contribution in [2.45, 2.75) is 0 Å². The van der Waals surface area contributed by atoms with Crippen LogP contribution in [0.1, 0.15) is 0 Å². The maximum absolute atomic E-state index is 10.5. The molecule has 19 heavy (non-hydrogen) atoms. The number of hydrogen-bond acceptors (Lipinski definition) is 5. The molecule has 0 radical (unpaired) electrons. The van der Waals surface area contributed by atoms with Crippen molar-refractivity contribution in [3.63, 3.8) is 0 Å². The summed E-state index contributed by atoms with van der Waals surface area (Å²) in [6.45, 7) is 0. The van der Waals surface area contributed by atoms with E-state index in [1.54, 1.807) is 0 Å². The molecule has 7 nitrogen and oxygen atoms in total. The fraction of sp³-hybridized carbons (Fsp3) is 0. The number of carboxylic acid groups (broad SMARTS) is 1. The minimum Gasteiger partial charge on any atom is -0.477 e. The van der Waals surface area contributed by atoms with Crippen LogP contribution in [0.4, 0.5) is 11.4 Å². The molecule has 0 unspecified atom stereocenters. The fourth-order valence-electron chi connectivity index (χ4n) is 0.980. The summed E-state index contributed by atoms with van der Waals surface area (Å²) < 4.78 is 0. The van der Waals surface area contributed by atoms with Crippen molar-refractivity contribution in [3.05, 3.63) is 44.4 Å². The topological polar surface area (TPSA) is 105 Å². The predicted octanol–water partition coefficient (Wildman–Crippen LogP) is 2.77. The molecule has 0 aliphatic heterocycles. The molecule has 1 aromatic carbocycles. The van der Waals surface area contributed by atoms with Crippen LogP contribution in [0.5, 0.6) is 0 Å². The van der Waals surface area contributed by atoms with Gasteiger partial charge in [-0.2, -0.15) is 5.10 Å². The van der Waals surface area contributed by atoms with Crippen LogP contribution in [0.2, 0.25) is 0 Å². The van der Waals surface area contributed by atoms with Gasteiger partial charge < -0.3 is 5.11 Å². The van der Waals surface area contributed by atoms with E-state index in [1.807, 2.05) is 0 Å². The highest BCUT2D eigenvalue weighted by Crippen LogP contribution is 2.16. The summed E-state index contributed by atoms with van der Waals surface area (Å²) in [6, 6.07) is 5.46. The number of anilines is 1. The Morgan fingerprint density at radius 1 is 1.37 bits per heavy atom. The average Bonchev–Trinajstić information content (AvgIpc) is 2.38. The number of nitrogens with one attached hydrogen (secondary N) is 1. The number of carbonyl (C=O) groups is 1. The van der Waals surface area contributed by atoms with Gasteiger partial charge in [0.2, 0.25) is 0 Å². The van der Waals surface area contributed by atoms with E-state index >= 15 is 0 Å². The van der Waals surface area contributed by atoms with Crippen LogP contribution in [0.3, 0.4) is 0 Å². The summed E-state index contributed by atoms with van der Waals surface area (Å²) >= 11 is 10.9. The Labute approximate surface area is 117 Å². The van der Waals surface area contributed by atoms with Crippen molar-refractivity contribution in [3.8, 4) is 0 Å². The first kappa shape index (κ1) is 14.9. The highest BCUT2D eigenvalue weighted by atomic mass is 35.5. The number of benzene rings is 1. The molecule has 0 saturated carbocycles. The second-order valence-electron chi connectivity index (χ2n) is 3.14. The monoisotopic (exact) mass is 303 g/mol. The fourth-order valence-corrected chi connectivity index (χ4v) is 1.16. The third-order valence-electron chi connectivity index (χ3n) is 1.85. The summed E-state index contributed by atoms with van der Waals surface area (Å²) in [5.74, 6) is -1.37. The van der Waals surface area contributed by atoms with E-state index in [0.717, 1.165) is 6.21 Å². The molecule has 0 aliphatic rings. The highest BCUT2D eigenvalue weighted by Gasteiger charge is 2.07. The SMILES string of the molecule is O=C(O)/C(Cl)=C(Cl)/C=N\Nc1ccc([N+](=O)[O-])cc1. The van der Waals surface area contributed by atoms with Gasteiger partial charge in [0.25, 0.3) is 5.69 Å². The Bertz CT molecular complexity index is 554. The Balaban J connectivity index is 2.69. The van der Waals surface area contributed by atoms with Crippen LogP contribution < -0.4 is 5.43 Å². The minimum absolute atomic E-state index is 0.0543. The number of nitro benzene ring substituents is 1. The molecule has 0 bridgehead atoms. The molecule has 9 heteroatoms. The molecule has 0 saturated heterocycles. The summed E-state index contributed by atoms with van der Waals surface area (Å²) in [5.41, 5.74) is 2.93. The van der Waals surface area contributed by atoms with Crippen LogP contribution in [0, 0.1) is 10.1 Å². The molecule has 0 heterocycles. The molecule has 1 aromatic rings. The molecule has 1 rings (SSSR count). The number of carboxylic acids is 1. The van der Waals surface area contributed by atoms with Crippen molar-refractivity contribution in [2.24, 2.45) is 5.10 Å². The second-order valence-corrected chi connectivity index (χ2v) is 3.93. The van der Waals surface area contributed by atoms with E-state index in [4.69, 9.17) is 28.3 Å². The summed E-state index contributed by atoms with van der Waals surface area (Å²) in [6.07, 6.45) is 1.01. The van der Waals surface area contributed by atoms with E-state index in [1.165, 1.54) is 24.3 Å². The lowest BCUT2D eigenvalue weighted by atomic mass is 10.3. The van der Waals surface area contributed by atoms with Gasteiger partial charge in [-0.1, -0.05) is 23.2 Å². The smallest absolute Gasteiger partial charge is 0.348 e. The lowest BCUT2D eigenvalue weighted by Crippen LogP contribution is -1.98. The first-order valence-electron chi connectivity index (χ1n) is 4.74. The van der Waals surface area contributed by atoms with Crippen LogP contribution >= 0.6 is 23.2 Å². The summed E-state index contributed by atoms with van der Waals surface area (Å²) in [5, 5.41) is 21.8. The first-order valence-corrected chi connectivity index (χ1v) is 5.49. The Morgan fingerprint density at radius 2 is 1.95 bits per heavy atom. The number of hydrogen-bond donors (Lipinski definition) is 2. The van der Waals surface area contributed by atoms with Gasteiger partial charge in [0.15, 0.2) is 0 Å². The van der Waals surface area contributed by atoms with Gasteiger partial charge in [-0.15, -0.1) is 0 Å². The van der Waals surface area contributed by atoms with Crippen molar-refractivity contribution in [1.29, 1.82) is 0 Å². The lowest BCUT2D eigenvalue weighted by molar-refractivity contribution is -0.384. The molecule has 0 spiro atoms. The molecule has 2 N–H and O–H groups in total. The second kappa shape index (κ2) is 6.72. The van der Waals surface area contributed by atoms with Crippen molar-refractivity contribution >= 4 is 46.8 Å². The first-order chi connectivity index (χ1) is 8.91. The van der Waals surface area contributed by atoms with Gasteiger partial charge in [0.05, 0.1) is 21.9 Å². The normalized spacial score (nSPS) is 12.1. The highest BCUT2D eigenvalue weighted by molar-refractivity contribution is 6.51. The van der Waals surface area contributed by atoms with E-state index in [0.29, 0.717) is 5.69 Å². The molecule has 0 amide bonds.